The van der Waals surface area contributed by atoms with Crippen LogP contribution in [0.2, 0.25) is 0 Å². The Balaban J connectivity index is -0.000000555. The van der Waals surface area contributed by atoms with Crippen LogP contribution in [0.4, 0.5) is 0 Å². The van der Waals surface area contributed by atoms with Gasteiger partial charge in [0.1, 0.15) is 0 Å². The maximum absolute atomic E-state index is 11.4. The molecule has 0 aromatic heterocycles. The van der Waals surface area contributed by atoms with Crippen molar-refractivity contribution < 1.29 is 122 Å². The molecule has 3 aromatic carbocycles. The first kappa shape index (κ1) is 46.4. The maximum Gasteiger partial charge on any atom is 0.344 e. The molecule has 10 heteroatoms. The molecule has 0 heterocycles. The predicted octanol–water partition coefficient (Wildman–Crippen LogP) is 5.96. The standard InChI is InChI=1S/C12H13O2.C11H12NO2.C11H11O2.3U/c1-4-10(12(13)14-3)11-8-6-5-7-9(11)2;1-8-6-4-5-7-9(8)10(12-2)11(13)14-3;1-8-6-4-5-7-10(8)9(2)11(12)13-3;;;/h4-8H,2H2,1,3H3;4-7H,1H2,2-3H3;4-7H,1-2H2,3H3;;;/q3*-1;;;/b10-4+;;;;;. The Morgan fingerprint density at radius 3 is 1.34 bits per heavy atom. The maximum atomic E-state index is 11.4. The van der Waals surface area contributed by atoms with Crippen molar-refractivity contribution in [2.24, 2.45) is 4.99 Å². The molecule has 0 unspecified atom stereocenters. The van der Waals surface area contributed by atoms with Crippen LogP contribution in [-0.2, 0) is 28.6 Å². The second kappa shape index (κ2) is 25.2. The van der Waals surface area contributed by atoms with Crippen LogP contribution in [0, 0.1) is 114 Å². The molecule has 0 aliphatic rings. The molecule has 3 aromatic rings. The molecule has 0 aliphatic carbocycles. The second-order valence-electron chi connectivity index (χ2n) is 8.20. The van der Waals surface area contributed by atoms with Crippen LogP contribution in [0.3, 0.4) is 0 Å². The largest absolute Gasteiger partial charge is 0.466 e. The van der Waals surface area contributed by atoms with E-state index in [-0.39, 0.29) is 99.3 Å². The van der Waals surface area contributed by atoms with Crippen molar-refractivity contribution in [2.75, 3.05) is 28.4 Å². The van der Waals surface area contributed by atoms with E-state index in [1.54, 1.807) is 32.2 Å². The third kappa shape index (κ3) is 14.4. The number of nitrogens with zero attached hydrogens (tertiary/aromatic N) is 1. The van der Waals surface area contributed by atoms with E-state index in [1.807, 2.05) is 60.7 Å². The summed E-state index contributed by atoms with van der Waals surface area (Å²) in [6, 6.07) is 22.1. The number of ether oxygens (including phenoxy) is 3. The van der Waals surface area contributed by atoms with Gasteiger partial charge in [0, 0.05) is 112 Å². The summed E-state index contributed by atoms with van der Waals surface area (Å²) in [5.41, 5.74) is 5.82. The molecule has 0 N–H and O–H groups in total. The van der Waals surface area contributed by atoms with Crippen LogP contribution in [0.5, 0.6) is 0 Å². The van der Waals surface area contributed by atoms with Gasteiger partial charge in [-0.1, -0.05) is 36.4 Å². The molecule has 7 nitrogen and oxygen atoms in total. The molecule has 0 amide bonds. The van der Waals surface area contributed by atoms with Crippen LogP contribution in [-0.4, -0.2) is 52.0 Å². The number of carbonyl (C=O) groups is 3. The van der Waals surface area contributed by atoms with E-state index in [9.17, 15) is 14.4 Å². The second-order valence-corrected chi connectivity index (χ2v) is 8.20. The van der Waals surface area contributed by atoms with Gasteiger partial charge in [-0.15, -0.1) is 47.5 Å². The Bertz CT molecular complexity index is 1360. The molecule has 0 saturated heterocycles. The number of benzene rings is 3. The summed E-state index contributed by atoms with van der Waals surface area (Å²) in [6.45, 7) is 16.9. The molecule has 0 radical (unpaired) electrons. The molecule has 44 heavy (non-hydrogen) atoms. The Kier molecular flexibility index (Phi) is 26.6. The van der Waals surface area contributed by atoms with Gasteiger partial charge in [-0.2, -0.15) is 55.7 Å². The van der Waals surface area contributed by atoms with Crippen molar-refractivity contribution in [3.8, 4) is 0 Å². The van der Waals surface area contributed by atoms with E-state index in [2.05, 4.69) is 46.6 Å². The van der Waals surface area contributed by atoms with E-state index in [1.165, 1.54) is 21.3 Å². The van der Waals surface area contributed by atoms with Crippen LogP contribution < -0.4 is 0 Å². The van der Waals surface area contributed by atoms with Crippen molar-refractivity contribution in [1.82, 2.24) is 0 Å². The summed E-state index contributed by atoms with van der Waals surface area (Å²) in [4.78, 5) is 37.7. The normalized spacial score (nSPS) is 9.84. The number of allylic oxidation sites excluding steroid dienone is 1. The van der Waals surface area contributed by atoms with E-state index in [0.29, 0.717) is 22.4 Å². The zero-order chi connectivity index (χ0) is 30.9. The van der Waals surface area contributed by atoms with Gasteiger partial charge in [0.2, 0.25) is 0 Å². The van der Waals surface area contributed by atoms with Gasteiger partial charge < -0.3 is 14.2 Å². The number of carbonyl (C=O) groups excluding carboxylic acids is 3. The fraction of sp³-hybridized carbons (Fsp3) is 0.147. The summed E-state index contributed by atoms with van der Waals surface area (Å²) >= 11 is 0. The fourth-order valence-electron chi connectivity index (χ4n) is 3.49. The topological polar surface area (TPSA) is 91.3 Å². The van der Waals surface area contributed by atoms with Gasteiger partial charge in [0.05, 0.1) is 27.0 Å². The number of aliphatic imine (C=N–C) groups is 1. The van der Waals surface area contributed by atoms with Gasteiger partial charge in [-0.05, 0) is 6.92 Å². The third-order valence-corrected chi connectivity index (χ3v) is 5.65. The first-order valence-corrected chi connectivity index (χ1v) is 12.4. The molecule has 0 atom stereocenters. The number of rotatable bonds is 6. The Morgan fingerprint density at radius 2 is 1.00 bits per heavy atom. The minimum Gasteiger partial charge on any atom is -0.466 e. The van der Waals surface area contributed by atoms with E-state index < -0.39 is 11.9 Å². The monoisotopic (exact) mass is 1270 g/mol. The van der Waals surface area contributed by atoms with E-state index >= 15 is 0 Å². The number of hydrogen-bond acceptors (Lipinski definition) is 7. The number of esters is 3. The van der Waals surface area contributed by atoms with Crippen molar-refractivity contribution in [3.63, 3.8) is 0 Å². The Hall–Kier alpha value is -2.01. The van der Waals surface area contributed by atoms with Crippen molar-refractivity contribution in [1.29, 1.82) is 0 Å². The summed E-state index contributed by atoms with van der Waals surface area (Å²) < 4.78 is 13.8. The fourth-order valence-corrected chi connectivity index (χ4v) is 3.49. The zero-order valence-electron chi connectivity index (χ0n) is 25.7. The molecule has 0 saturated carbocycles. The van der Waals surface area contributed by atoms with Crippen molar-refractivity contribution in [3.05, 3.63) is 140 Å². The molecule has 0 spiro atoms. The summed E-state index contributed by atoms with van der Waals surface area (Å²) in [5, 5.41) is 0. The molecular formula is C34H36NO6U3-3. The van der Waals surface area contributed by atoms with Gasteiger partial charge >= 0.3 is 17.9 Å². The minimum atomic E-state index is -0.441. The van der Waals surface area contributed by atoms with E-state index in [4.69, 9.17) is 0 Å². The summed E-state index contributed by atoms with van der Waals surface area (Å²) in [6.07, 6.45) is 1.73. The van der Waals surface area contributed by atoms with Crippen molar-refractivity contribution in [2.45, 2.75) is 6.92 Å². The van der Waals surface area contributed by atoms with Crippen LogP contribution >= 0.6 is 0 Å². The van der Waals surface area contributed by atoms with Gasteiger partial charge in [-0.3, -0.25) is 4.99 Å². The quantitative estimate of drug-likeness (QED) is 0.0997. The van der Waals surface area contributed by atoms with Gasteiger partial charge in [-0.25, -0.2) is 14.4 Å². The predicted molar refractivity (Wildman–Crippen MR) is 164 cm³/mol. The zero-order valence-corrected chi connectivity index (χ0v) is 38.2. The first-order chi connectivity index (χ1) is 19.6. The average molecular weight is 1270 g/mol. The Labute approximate surface area is 332 Å². The van der Waals surface area contributed by atoms with E-state index in [0.717, 1.165) is 27.8 Å². The van der Waals surface area contributed by atoms with Crippen molar-refractivity contribution >= 4 is 34.8 Å². The average Bonchev–Trinajstić information content (AvgIpc) is 2.99. The SMILES string of the molecule is C=C(C(=O)OC)c1ccccc1[CH2-].[CH2-]c1ccccc1/C(=C\C)C(=O)OC.[CH2-]c1ccccc1C(=NC)C(=O)OC.[U].[U].[U]. The minimum absolute atomic E-state index is 0. The Morgan fingerprint density at radius 1 is 0.636 bits per heavy atom. The van der Waals surface area contributed by atoms with Crippen LogP contribution in [0.1, 0.15) is 40.3 Å². The van der Waals surface area contributed by atoms with Gasteiger partial charge in [0.15, 0.2) is 0 Å². The van der Waals surface area contributed by atoms with Crippen LogP contribution in [0.15, 0.2) is 90.4 Å². The smallest absolute Gasteiger partial charge is 0.344 e. The summed E-state index contributed by atoms with van der Waals surface area (Å²) in [7, 11) is 5.59. The molecule has 0 bridgehead atoms. The summed E-state index contributed by atoms with van der Waals surface area (Å²) in [5.74, 6) is -1.19. The molecule has 0 aliphatic heterocycles. The van der Waals surface area contributed by atoms with Crippen LogP contribution in [0.25, 0.3) is 11.1 Å². The molecular weight excluding hydrogens is 1230 g/mol. The first-order valence-electron chi connectivity index (χ1n) is 12.4. The molecule has 3 rings (SSSR count). The molecule has 0 fully saturated rings. The van der Waals surface area contributed by atoms with Gasteiger partial charge in [0.25, 0.3) is 0 Å². The number of methoxy groups -OCH3 is 3. The molecule has 228 valence electrons. The third-order valence-electron chi connectivity index (χ3n) is 5.65. The number of hydrogen-bond donors (Lipinski definition) is 0.